The third-order valence-corrected chi connectivity index (χ3v) is 5.72. The van der Waals surface area contributed by atoms with Crippen LogP contribution in [0.4, 0.5) is 10.1 Å². The van der Waals surface area contributed by atoms with E-state index in [1.807, 2.05) is 6.92 Å². The fourth-order valence-corrected chi connectivity index (χ4v) is 4.07. The van der Waals surface area contributed by atoms with Crippen molar-refractivity contribution in [1.82, 2.24) is 9.80 Å². The number of carbonyl (C=O) groups excluding carboxylic acids is 1. The summed E-state index contributed by atoms with van der Waals surface area (Å²) in [5, 5.41) is 11.4. The summed E-state index contributed by atoms with van der Waals surface area (Å²) < 4.78 is 18.9. The van der Waals surface area contributed by atoms with E-state index in [0.717, 1.165) is 11.1 Å². The van der Waals surface area contributed by atoms with E-state index in [1.54, 1.807) is 48.2 Å². The van der Waals surface area contributed by atoms with E-state index in [0.29, 0.717) is 37.5 Å². The maximum atomic E-state index is 13.1. The number of nitro groups is 1. The summed E-state index contributed by atoms with van der Waals surface area (Å²) >= 11 is 0. The Bertz CT molecular complexity index is 1140. The van der Waals surface area contributed by atoms with Gasteiger partial charge in [-0.2, -0.15) is 0 Å². The number of carbonyl (C=O) groups is 1. The first-order chi connectivity index (χ1) is 15.3. The van der Waals surface area contributed by atoms with E-state index in [1.165, 1.54) is 18.2 Å². The van der Waals surface area contributed by atoms with Crippen molar-refractivity contribution in [2.75, 3.05) is 19.6 Å². The van der Waals surface area contributed by atoms with E-state index >= 15 is 0 Å². The average Bonchev–Trinajstić information content (AvgIpc) is 3.25. The molecule has 1 atom stereocenters. The first-order valence-electron chi connectivity index (χ1n) is 10.4. The minimum absolute atomic E-state index is 0.0426. The summed E-state index contributed by atoms with van der Waals surface area (Å²) in [6.07, 6.45) is 0. The molecule has 1 fully saturated rings. The maximum absolute atomic E-state index is 13.1. The summed E-state index contributed by atoms with van der Waals surface area (Å²) in [4.78, 5) is 28.0. The molecule has 1 aromatic heterocycles. The zero-order chi connectivity index (χ0) is 22.8. The first-order valence-corrected chi connectivity index (χ1v) is 10.4. The highest BCUT2D eigenvalue weighted by molar-refractivity contribution is 5.92. The van der Waals surface area contributed by atoms with Crippen molar-refractivity contribution in [2.45, 2.75) is 26.4 Å². The standard InChI is InChI=1S/C24H24FN3O4/c1-16-3-8-20(21(13-16)28(30)31)22-9-10-23(32-22)24(29)27-12-11-26(14-17(27)2)15-18-4-6-19(25)7-5-18/h3-10,13,17H,11-12,14-15H2,1-2H3/t17-/m0/s1. The Hall–Kier alpha value is -3.52. The number of hydrogen-bond acceptors (Lipinski definition) is 5. The summed E-state index contributed by atoms with van der Waals surface area (Å²) in [5.41, 5.74) is 2.09. The predicted octanol–water partition coefficient (Wildman–Crippen LogP) is 4.65. The van der Waals surface area contributed by atoms with E-state index in [9.17, 15) is 19.3 Å². The molecule has 0 unspecified atom stereocenters. The van der Waals surface area contributed by atoms with Crippen molar-refractivity contribution in [3.8, 4) is 11.3 Å². The molecule has 1 saturated heterocycles. The first kappa shape index (κ1) is 21.7. The Morgan fingerprint density at radius 3 is 2.59 bits per heavy atom. The topological polar surface area (TPSA) is 79.8 Å². The van der Waals surface area contributed by atoms with Crippen molar-refractivity contribution in [3.63, 3.8) is 0 Å². The van der Waals surface area contributed by atoms with Crippen LogP contribution in [0.3, 0.4) is 0 Å². The lowest BCUT2D eigenvalue weighted by Gasteiger charge is -2.39. The van der Waals surface area contributed by atoms with Gasteiger partial charge in [-0.05, 0) is 55.3 Å². The highest BCUT2D eigenvalue weighted by atomic mass is 19.1. The molecule has 2 heterocycles. The van der Waals surface area contributed by atoms with Gasteiger partial charge in [0, 0.05) is 38.3 Å². The van der Waals surface area contributed by atoms with Gasteiger partial charge in [-0.15, -0.1) is 0 Å². The second kappa shape index (κ2) is 8.92. The van der Waals surface area contributed by atoms with Crippen LogP contribution in [0, 0.1) is 22.9 Å². The summed E-state index contributed by atoms with van der Waals surface area (Å²) in [6, 6.07) is 14.5. The van der Waals surface area contributed by atoms with Gasteiger partial charge in [0.1, 0.15) is 11.6 Å². The van der Waals surface area contributed by atoms with Crippen LogP contribution in [0.25, 0.3) is 11.3 Å². The molecule has 7 nitrogen and oxygen atoms in total. The number of furan rings is 1. The molecule has 0 bridgehead atoms. The Labute approximate surface area is 185 Å². The fraction of sp³-hybridized carbons (Fsp3) is 0.292. The van der Waals surface area contributed by atoms with Gasteiger partial charge in [0.05, 0.1) is 10.5 Å². The fourth-order valence-electron chi connectivity index (χ4n) is 4.07. The zero-order valence-electron chi connectivity index (χ0n) is 18.0. The highest BCUT2D eigenvalue weighted by Crippen LogP contribution is 2.32. The van der Waals surface area contributed by atoms with Gasteiger partial charge in [0.25, 0.3) is 11.6 Å². The summed E-state index contributed by atoms with van der Waals surface area (Å²) in [7, 11) is 0. The molecule has 0 saturated carbocycles. The lowest BCUT2D eigenvalue weighted by atomic mass is 10.1. The predicted molar refractivity (Wildman–Crippen MR) is 118 cm³/mol. The molecular formula is C24H24FN3O4. The van der Waals surface area contributed by atoms with Crippen LogP contribution in [0.2, 0.25) is 0 Å². The van der Waals surface area contributed by atoms with Gasteiger partial charge in [0.15, 0.2) is 5.76 Å². The lowest BCUT2D eigenvalue weighted by molar-refractivity contribution is -0.384. The quantitative estimate of drug-likeness (QED) is 0.429. The van der Waals surface area contributed by atoms with E-state index < -0.39 is 4.92 Å². The van der Waals surface area contributed by atoms with Crippen LogP contribution >= 0.6 is 0 Å². The van der Waals surface area contributed by atoms with Crippen LogP contribution in [0.1, 0.15) is 28.6 Å². The largest absolute Gasteiger partial charge is 0.451 e. The van der Waals surface area contributed by atoms with Gasteiger partial charge in [-0.25, -0.2) is 4.39 Å². The summed E-state index contributed by atoms with van der Waals surface area (Å²) in [5.74, 6) is -0.0392. The van der Waals surface area contributed by atoms with Crippen LogP contribution in [-0.2, 0) is 6.54 Å². The Kier molecular flexibility index (Phi) is 6.05. The Balaban J connectivity index is 1.45. The molecule has 1 amide bonds. The third-order valence-electron chi connectivity index (χ3n) is 5.72. The smallest absolute Gasteiger partial charge is 0.289 e. The number of nitrogens with zero attached hydrogens (tertiary/aromatic N) is 3. The van der Waals surface area contributed by atoms with Gasteiger partial charge >= 0.3 is 0 Å². The van der Waals surface area contributed by atoms with Gasteiger partial charge < -0.3 is 9.32 Å². The lowest BCUT2D eigenvalue weighted by Crippen LogP contribution is -2.53. The number of aryl methyl sites for hydroxylation is 1. The van der Waals surface area contributed by atoms with Crippen LogP contribution in [0.15, 0.2) is 59.0 Å². The van der Waals surface area contributed by atoms with E-state index in [-0.39, 0.29) is 29.2 Å². The van der Waals surface area contributed by atoms with E-state index in [4.69, 9.17) is 4.42 Å². The molecule has 0 radical (unpaired) electrons. The van der Waals surface area contributed by atoms with Crippen LogP contribution < -0.4 is 0 Å². The van der Waals surface area contributed by atoms with Crippen molar-refractivity contribution in [1.29, 1.82) is 0 Å². The third kappa shape index (κ3) is 4.55. The molecule has 4 rings (SSSR count). The number of nitro benzene ring substituents is 1. The molecule has 0 N–H and O–H groups in total. The van der Waals surface area contributed by atoms with E-state index in [2.05, 4.69) is 4.90 Å². The Morgan fingerprint density at radius 2 is 1.91 bits per heavy atom. The number of piperazine rings is 1. The van der Waals surface area contributed by atoms with Crippen molar-refractivity contribution in [2.24, 2.45) is 0 Å². The average molecular weight is 437 g/mol. The number of halogens is 1. The second-order valence-electron chi connectivity index (χ2n) is 8.15. The minimum Gasteiger partial charge on any atom is -0.451 e. The molecule has 3 aromatic rings. The number of hydrogen-bond donors (Lipinski definition) is 0. The minimum atomic E-state index is -0.450. The molecular weight excluding hydrogens is 413 g/mol. The Morgan fingerprint density at radius 1 is 1.16 bits per heavy atom. The molecule has 8 heteroatoms. The normalized spacial score (nSPS) is 16.8. The number of amides is 1. The second-order valence-corrected chi connectivity index (χ2v) is 8.15. The molecule has 32 heavy (non-hydrogen) atoms. The van der Waals surface area contributed by atoms with Crippen molar-refractivity contribution < 1.29 is 18.5 Å². The van der Waals surface area contributed by atoms with Crippen LogP contribution in [0.5, 0.6) is 0 Å². The van der Waals surface area contributed by atoms with Crippen molar-refractivity contribution in [3.05, 3.63) is 87.4 Å². The number of rotatable bonds is 5. The highest BCUT2D eigenvalue weighted by Gasteiger charge is 2.30. The van der Waals surface area contributed by atoms with Gasteiger partial charge in [0.2, 0.25) is 0 Å². The summed E-state index contributed by atoms with van der Waals surface area (Å²) in [6.45, 7) is 6.34. The molecule has 1 aliphatic heterocycles. The maximum Gasteiger partial charge on any atom is 0.289 e. The molecule has 2 aromatic carbocycles. The SMILES string of the molecule is Cc1ccc(-c2ccc(C(=O)N3CCN(Cc4ccc(F)cc4)C[C@@H]3C)o2)c([N+](=O)[O-])c1. The molecule has 0 aliphatic carbocycles. The monoisotopic (exact) mass is 437 g/mol. The molecule has 0 spiro atoms. The van der Waals surface area contributed by atoms with Gasteiger partial charge in [-0.1, -0.05) is 18.2 Å². The van der Waals surface area contributed by atoms with Gasteiger partial charge in [-0.3, -0.25) is 19.8 Å². The van der Waals surface area contributed by atoms with Crippen molar-refractivity contribution >= 4 is 11.6 Å². The number of benzene rings is 2. The molecule has 1 aliphatic rings. The molecule has 166 valence electrons. The van der Waals surface area contributed by atoms with Crippen LogP contribution in [-0.4, -0.2) is 46.3 Å². The zero-order valence-corrected chi connectivity index (χ0v) is 18.0.